The zero-order valence-electron chi connectivity index (χ0n) is 14.1. The fraction of sp³-hybridized carbons (Fsp3) is 0.158. The number of halogens is 2. The number of carbonyl (C=O) groups excluding carboxylic acids is 1. The first-order chi connectivity index (χ1) is 12.5. The second kappa shape index (κ2) is 8.01. The molecule has 3 rings (SSSR count). The molecule has 0 saturated carbocycles. The summed E-state index contributed by atoms with van der Waals surface area (Å²) >= 11 is 5.89. The minimum atomic E-state index is -0.291. The number of anilines is 1. The Morgan fingerprint density at radius 1 is 1.27 bits per heavy atom. The van der Waals surface area contributed by atoms with Crippen LogP contribution in [0.4, 0.5) is 10.1 Å². The summed E-state index contributed by atoms with van der Waals surface area (Å²) in [5.41, 5.74) is 2.33. The third kappa shape index (κ3) is 4.83. The van der Waals surface area contributed by atoms with Crippen molar-refractivity contribution in [3.05, 3.63) is 76.8 Å². The van der Waals surface area contributed by atoms with E-state index in [0.717, 1.165) is 11.1 Å². The van der Waals surface area contributed by atoms with E-state index >= 15 is 0 Å². The maximum atomic E-state index is 12.9. The Balaban J connectivity index is 1.53. The highest BCUT2D eigenvalue weighted by Gasteiger charge is 2.08. The van der Waals surface area contributed by atoms with Crippen molar-refractivity contribution in [3.8, 4) is 5.75 Å². The summed E-state index contributed by atoms with van der Waals surface area (Å²) in [6.07, 6.45) is 3.25. The lowest BCUT2D eigenvalue weighted by atomic mass is 10.2. The standard InChI is InChI=1S/C19H17ClFN3O2/c1-13-8-15(20)4-7-18(13)26-12-19(25)23-17-9-22-24(11-17)10-14-2-5-16(21)6-3-14/h2-9,11H,10,12H2,1H3,(H,23,25). The second-order valence-electron chi connectivity index (χ2n) is 5.80. The van der Waals surface area contributed by atoms with Gasteiger partial charge >= 0.3 is 0 Å². The molecule has 134 valence electrons. The van der Waals surface area contributed by atoms with Crippen LogP contribution in [0.25, 0.3) is 0 Å². The van der Waals surface area contributed by atoms with E-state index in [-0.39, 0.29) is 18.3 Å². The number of carbonyl (C=O) groups is 1. The molecule has 0 saturated heterocycles. The molecule has 1 amide bonds. The van der Waals surface area contributed by atoms with Crippen LogP contribution in [0.5, 0.6) is 5.75 Å². The van der Waals surface area contributed by atoms with Crippen LogP contribution >= 0.6 is 11.6 Å². The second-order valence-corrected chi connectivity index (χ2v) is 6.24. The molecule has 3 aromatic rings. The van der Waals surface area contributed by atoms with Crippen molar-refractivity contribution in [2.75, 3.05) is 11.9 Å². The first-order valence-electron chi connectivity index (χ1n) is 7.95. The van der Waals surface area contributed by atoms with Crippen molar-refractivity contribution < 1.29 is 13.9 Å². The number of nitrogens with zero attached hydrogens (tertiary/aromatic N) is 2. The highest BCUT2D eigenvalue weighted by molar-refractivity contribution is 6.30. The van der Waals surface area contributed by atoms with Crippen molar-refractivity contribution >= 4 is 23.2 Å². The van der Waals surface area contributed by atoms with Crippen LogP contribution in [0, 0.1) is 12.7 Å². The lowest BCUT2D eigenvalue weighted by molar-refractivity contribution is -0.118. The largest absolute Gasteiger partial charge is 0.483 e. The molecule has 0 fully saturated rings. The molecule has 26 heavy (non-hydrogen) atoms. The van der Waals surface area contributed by atoms with Crippen molar-refractivity contribution in [2.24, 2.45) is 0 Å². The number of benzene rings is 2. The van der Waals surface area contributed by atoms with Gasteiger partial charge in [-0.2, -0.15) is 5.10 Å². The van der Waals surface area contributed by atoms with E-state index < -0.39 is 0 Å². The maximum absolute atomic E-state index is 12.9. The van der Waals surface area contributed by atoms with Gasteiger partial charge in [-0.15, -0.1) is 0 Å². The van der Waals surface area contributed by atoms with Crippen molar-refractivity contribution in [1.29, 1.82) is 0 Å². The van der Waals surface area contributed by atoms with Gasteiger partial charge in [-0.05, 0) is 48.4 Å². The molecule has 0 atom stereocenters. The van der Waals surface area contributed by atoms with Gasteiger partial charge in [0.15, 0.2) is 6.61 Å². The van der Waals surface area contributed by atoms with Gasteiger partial charge in [0.05, 0.1) is 18.4 Å². The third-order valence-corrected chi connectivity index (χ3v) is 3.91. The Hall–Kier alpha value is -2.86. The van der Waals surface area contributed by atoms with Gasteiger partial charge in [0.25, 0.3) is 5.91 Å². The fourth-order valence-corrected chi connectivity index (χ4v) is 2.63. The molecular weight excluding hydrogens is 357 g/mol. The van der Waals surface area contributed by atoms with Crippen molar-refractivity contribution in [1.82, 2.24) is 9.78 Å². The average molecular weight is 374 g/mol. The number of aryl methyl sites for hydroxylation is 1. The fourth-order valence-electron chi connectivity index (χ4n) is 2.41. The Morgan fingerprint density at radius 3 is 2.77 bits per heavy atom. The van der Waals surface area contributed by atoms with Crippen LogP contribution in [-0.4, -0.2) is 22.3 Å². The van der Waals surface area contributed by atoms with Gasteiger partial charge in [-0.3, -0.25) is 9.48 Å². The average Bonchev–Trinajstić information content (AvgIpc) is 3.03. The smallest absolute Gasteiger partial charge is 0.262 e. The Kier molecular flexibility index (Phi) is 5.53. The topological polar surface area (TPSA) is 56.1 Å². The molecule has 0 aliphatic heterocycles. The van der Waals surface area contributed by atoms with Crippen LogP contribution in [0.1, 0.15) is 11.1 Å². The highest BCUT2D eigenvalue weighted by atomic mass is 35.5. The number of hydrogen-bond acceptors (Lipinski definition) is 3. The minimum absolute atomic E-state index is 0.119. The van der Waals surface area contributed by atoms with E-state index in [1.54, 1.807) is 47.4 Å². The molecule has 0 bridgehead atoms. The lowest BCUT2D eigenvalue weighted by Gasteiger charge is -2.09. The molecule has 1 aromatic heterocycles. The van der Waals surface area contributed by atoms with Gasteiger partial charge < -0.3 is 10.1 Å². The molecule has 0 radical (unpaired) electrons. The summed E-state index contributed by atoms with van der Waals surface area (Å²) < 4.78 is 20.1. The first kappa shape index (κ1) is 17.9. The molecular formula is C19H17ClFN3O2. The summed E-state index contributed by atoms with van der Waals surface area (Å²) in [4.78, 5) is 12.0. The SMILES string of the molecule is Cc1cc(Cl)ccc1OCC(=O)Nc1cnn(Cc2ccc(F)cc2)c1. The van der Waals surface area contributed by atoms with Crippen LogP contribution in [0.2, 0.25) is 5.02 Å². The highest BCUT2D eigenvalue weighted by Crippen LogP contribution is 2.21. The van der Waals surface area contributed by atoms with Crippen LogP contribution in [0.3, 0.4) is 0 Å². The van der Waals surface area contributed by atoms with Crippen LogP contribution < -0.4 is 10.1 Å². The summed E-state index contributed by atoms with van der Waals surface area (Å²) in [6.45, 7) is 2.22. The predicted molar refractivity (Wildman–Crippen MR) is 98.0 cm³/mol. The number of aromatic nitrogens is 2. The predicted octanol–water partition coefficient (Wildman–Crippen LogP) is 4.05. The zero-order valence-corrected chi connectivity index (χ0v) is 14.8. The Labute approximate surface area is 155 Å². The maximum Gasteiger partial charge on any atom is 0.262 e. The van der Waals surface area contributed by atoms with Gasteiger partial charge in [0.1, 0.15) is 11.6 Å². The number of nitrogens with one attached hydrogen (secondary N) is 1. The van der Waals surface area contributed by atoms with E-state index in [0.29, 0.717) is 23.0 Å². The molecule has 0 unspecified atom stereocenters. The molecule has 7 heteroatoms. The lowest BCUT2D eigenvalue weighted by Crippen LogP contribution is -2.20. The van der Waals surface area contributed by atoms with E-state index in [2.05, 4.69) is 10.4 Å². The summed E-state index contributed by atoms with van der Waals surface area (Å²) in [5.74, 6) is 0.0373. The molecule has 0 spiro atoms. The molecule has 1 N–H and O–H groups in total. The quantitative estimate of drug-likeness (QED) is 0.709. The molecule has 0 aliphatic rings. The number of rotatable bonds is 6. The molecule has 0 aliphatic carbocycles. The first-order valence-corrected chi connectivity index (χ1v) is 8.33. The van der Waals surface area contributed by atoms with Gasteiger partial charge in [0.2, 0.25) is 0 Å². The molecule has 5 nitrogen and oxygen atoms in total. The van der Waals surface area contributed by atoms with Gasteiger partial charge in [0, 0.05) is 11.2 Å². The molecule has 1 heterocycles. The monoisotopic (exact) mass is 373 g/mol. The van der Waals surface area contributed by atoms with E-state index in [1.165, 1.54) is 12.1 Å². The van der Waals surface area contributed by atoms with Gasteiger partial charge in [-0.25, -0.2) is 4.39 Å². The molecule has 2 aromatic carbocycles. The third-order valence-electron chi connectivity index (χ3n) is 3.67. The minimum Gasteiger partial charge on any atom is -0.483 e. The van der Waals surface area contributed by atoms with Gasteiger partial charge in [-0.1, -0.05) is 23.7 Å². The van der Waals surface area contributed by atoms with E-state index in [9.17, 15) is 9.18 Å². The number of amides is 1. The summed E-state index contributed by atoms with van der Waals surface area (Å²) in [7, 11) is 0. The Bertz CT molecular complexity index is 909. The van der Waals surface area contributed by atoms with Crippen LogP contribution in [-0.2, 0) is 11.3 Å². The van der Waals surface area contributed by atoms with Crippen molar-refractivity contribution in [3.63, 3.8) is 0 Å². The summed E-state index contributed by atoms with van der Waals surface area (Å²) in [5, 5.41) is 7.53. The van der Waals surface area contributed by atoms with Crippen molar-refractivity contribution in [2.45, 2.75) is 13.5 Å². The number of ether oxygens (including phenoxy) is 1. The Morgan fingerprint density at radius 2 is 2.04 bits per heavy atom. The van der Waals surface area contributed by atoms with Crippen LogP contribution in [0.15, 0.2) is 54.9 Å². The normalized spacial score (nSPS) is 10.6. The summed E-state index contributed by atoms with van der Waals surface area (Å²) in [6, 6.07) is 11.4. The van der Waals surface area contributed by atoms with E-state index in [4.69, 9.17) is 16.3 Å². The number of hydrogen-bond donors (Lipinski definition) is 1. The van der Waals surface area contributed by atoms with E-state index in [1.807, 2.05) is 6.92 Å². The zero-order chi connectivity index (χ0) is 18.5.